The van der Waals surface area contributed by atoms with E-state index in [1.807, 2.05) is 6.07 Å². The summed E-state index contributed by atoms with van der Waals surface area (Å²) in [5.74, 6) is 0.854. The van der Waals surface area contributed by atoms with Gasteiger partial charge in [0, 0.05) is 30.4 Å². The summed E-state index contributed by atoms with van der Waals surface area (Å²) < 4.78 is 38.7. The number of ether oxygens (including phenoxy) is 1. The highest BCUT2D eigenvalue weighted by atomic mass is 32.2. The summed E-state index contributed by atoms with van der Waals surface area (Å²) in [5, 5.41) is 9.96. The highest BCUT2D eigenvalue weighted by Crippen LogP contribution is 2.43. The second kappa shape index (κ2) is 15.7. The molecule has 2 aliphatic rings. The van der Waals surface area contributed by atoms with Crippen molar-refractivity contribution in [1.82, 2.24) is 15.6 Å². The molecule has 4 aromatic rings. The highest BCUT2D eigenvalue weighted by molar-refractivity contribution is 7.86. The van der Waals surface area contributed by atoms with Gasteiger partial charge in [-0.3, -0.25) is 19.6 Å². The zero-order valence-electron chi connectivity index (χ0n) is 28.4. The molecule has 264 valence electrons. The van der Waals surface area contributed by atoms with E-state index in [-0.39, 0.29) is 22.3 Å². The molecule has 1 aromatic heterocycles. The Hall–Kier alpha value is -5.33. The number of carbonyl (C=O) groups is 2. The van der Waals surface area contributed by atoms with Gasteiger partial charge >= 0.3 is 0 Å². The Balaban J connectivity index is 0.974. The molecule has 11 nitrogen and oxygen atoms in total. The number of rotatable bonds is 13. The number of nitrogens with one attached hydrogen (secondary N) is 3. The second-order valence-corrected chi connectivity index (χ2v) is 14.4. The van der Waals surface area contributed by atoms with Crippen molar-refractivity contribution in [3.8, 4) is 5.75 Å². The van der Waals surface area contributed by atoms with Gasteiger partial charge in [-0.15, -0.1) is 0 Å². The van der Waals surface area contributed by atoms with Gasteiger partial charge < -0.3 is 15.4 Å². The fraction of sp³-hybridized carbons (Fsp3) is 0.282. The largest absolute Gasteiger partial charge is 0.489 e. The molecule has 12 heteroatoms. The van der Waals surface area contributed by atoms with Gasteiger partial charge in [-0.05, 0) is 79.6 Å². The van der Waals surface area contributed by atoms with Crippen molar-refractivity contribution in [3.05, 3.63) is 124 Å². The monoisotopic (exact) mass is 707 g/mol. The normalized spacial score (nSPS) is 15.1. The van der Waals surface area contributed by atoms with Crippen LogP contribution in [0.5, 0.6) is 5.75 Å². The lowest BCUT2D eigenvalue weighted by atomic mass is 9.77. The van der Waals surface area contributed by atoms with Crippen molar-refractivity contribution in [2.24, 2.45) is 5.10 Å². The van der Waals surface area contributed by atoms with Gasteiger partial charge in [0.1, 0.15) is 23.1 Å². The Bertz CT molecular complexity index is 2050. The van der Waals surface area contributed by atoms with Crippen LogP contribution in [0.25, 0.3) is 6.08 Å². The van der Waals surface area contributed by atoms with Gasteiger partial charge in [0.15, 0.2) is 0 Å². The third-order valence-corrected chi connectivity index (χ3v) is 10.2. The predicted octanol–water partition coefficient (Wildman–Crippen LogP) is 5.85. The van der Waals surface area contributed by atoms with Crippen molar-refractivity contribution >= 4 is 40.0 Å². The molecule has 1 saturated carbocycles. The number of aromatic nitrogens is 1. The minimum atomic E-state index is -4.40. The van der Waals surface area contributed by atoms with Gasteiger partial charge in [0.25, 0.3) is 16.0 Å². The maximum Gasteiger partial charge on any atom is 0.295 e. The SMILES string of the molecule is Cc1ccc(CC2=Cc3ccc(C4(C(=O)NCCCNC(=O)c5ccc(N/N=C/c6ccccc6S(=O)(=O)O)nc5)CCCC4)cc3OC2)cc1. The molecule has 6 rings (SSSR count). The van der Waals surface area contributed by atoms with Crippen LogP contribution in [-0.4, -0.2) is 55.7 Å². The zero-order chi connectivity index (χ0) is 35.8. The van der Waals surface area contributed by atoms with E-state index in [0.29, 0.717) is 37.5 Å². The summed E-state index contributed by atoms with van der Waals surface area (Å²) >= 11 is 0. The minimum Gasteiger partial charge on any atom is -0.489 e. The number of anilines is 1. The van der Waals surface area contributed by atoms with Crippen LogP contribution in [0.15, 0.2) is 101 Å². The number of fused-ring (bicyclic) bond motifs is 1. The minimum absolute atomic E-state index is 0.00843. The predicted molar refractivity (Wildman–Crippen MR) is 197 cm³/mol. The molecule has 2 heterocycles. The van der Waals surface area contributed by atoms with Crippen molar-refractivity contribution < 1.29 is 27.3 Å². The fourth-order valence-corrected chi connectivity index (χ4v) is 7.22. The van der Waals surface area contributed by atoms with Gasteiger partial charge in [-0.25, -0.2) is 4.98 Å². The summed E-state index contributed by atoms with van der Waals surface area (Å²) in [6.07, 6.45) is 9.78. The Kier molecular flexibility index (Phi) is 10.9. The molecule has 3 aromatic carbocycles. The third kappa shape index (κ3) is 8.70. The number of carbonyl (C=O) groups excluding carboxylic acids is 2. The third-order valence-electron chi connectivity index (χ3n) is 9.31. The molecule has 0 atom stereocenters. The highest BCUT2D eigenvalue weighted by Gasteiger charge is 2.43. The van der Waals surface area contributed by atoms with Crippen LogP contribution >= 0.6 is 0 Å². The van der Waals surface area contributed by atoms with Crippen LogP contribution in [0.1, 0.15) is 70.3 Å². The molecule has 4 N–H and O–H groups in total. The molecule has 2 amide bonds. The van der Waals surface area contributed by atoms with Crippen LogP contribution < -0.4 is 20.8 Å². The molecule has 0 spiro atoms. The lowest BCUT2D eigenvalue weighted by molar-refractivity contribution is -0.126. The fourth-order valence-electron chi connectivity index (χ4n) is 6.55. The van der Waals surface area contributed by atoms with Crippen LogP contribution in [0.2, 0.25) is 0 Å². The molecule has 0 bridgehead atoms. The van der Waals surface area contributed by atoms with Crippen molar-refractivity contribution in [3.63, 3.8) is 0 Å². The Labute approximate surface area is 298 Å². The lowest BCUT2D eigenvalue weighted by Crippen LogP contribution is -2.43. The van der Waals surface area contributed by atoms with E-state index >= 15 is 0 Å². The zero-order valence-corrected chi connectivity index (χ0v) is 29.2. The summed E-state index contributed by atoms with van der Waals surface area (Å²) in [6.45, 7) is 3.40. The van der Waals surface area contributed by atoms with E-state index in [2.05, 4.69) is 75.5 Å². The first kappa shape index (κ1) is 35.5. The Morgan fingerprint density at radius 3 is 2.49 bits per heavy atom. The average Bonchev–Trinajstić information content (AvgIpc) is 3.64. The van der Waals surface area contributed by atoms with Crippen LogP contribution in [0, 0.1) is 6.92 Å². The molecule has 1 fully saturated rings. The number of hydrogen-bond donors (Lipinski definition) is 4. The van der Waals surface area contributed by atoms with Crippen LogP contribution in [0.3, 0.4) is 0 Å². The van der Waals surface area contributed by atoms with Gasteiger partial charge in [0.2, 0.25) is 5.91 Å². The molecule has 1 aliphatic carbocycles. The summed E-state index contributed by atoms with van der Waals surface area (Å²) in [7, 11) is -4.40. The molecule has 1 aliphatic heterocycles. The van der Waals surface area contributed by atoms with E-state index in [0.717, 1.165) is 49.0 Å². The Morgan fingerprint density at radius 2 is 1.75 bits per heavy atom. The first-order valence-electron chi connectivity index (χ1n) is 17.0. The number of amides is 2. The van der Waals surface area contributed by atoms with E-state index in [1.54, 1.807) is 18.2 Å². The van der Waals surface area contributed by atoms with Crippen molar-refractivity contribution in [2.45, 2.75) is 55.8 Å². The number of aryl methyl sites for hydroxylation is 1. The molecule has 0 radical (unpaired) electrons. The van der Waals surface area contributed by atoms with E-state index in [9.17, 15) is 22.6 Å². The van der Waals surface area contributed by atoms with Gasteiger partial charge in [-0.1, -0.05) is 73.0 Å². The van der Waals surface area contributed by atoms with Crippen LogP contribution in [0.4, 0.5) is 5.82 Å². The van der Waals surface area contributed by atoms with E-state index in [1.165, 1.54) is 47.3 Å². The van der Waals surface area contributed by atoms with Gasteiger partial charge in [-0.2, -0.15) is 13.5 Å². The van der Waals surface area contributed by atoms with Crippen molar-refractivity contribution in [1.29, 1.82) is 0 Å². The number of hydrazone groups is 1. The first-order valence-corrected chi connectivity index (χ1v) is 18.5. The smallest absolute Gasteiger partial charge is 0.295 e. The summed E-state index contributed by atoms with van der Waals surface area (Å²) in [5.41, 5.74) is 8.36. The summed E-state index contributed by atoms with van der Waals surface area (Å²) in [6, 6.07) is 23.8. The number of benzene rings is 3. The number of hydrogen-bond acceptors (Lipinski definition) is 8. The lowest BCUT2D eigenvalue weighted by Gasteiger charge is -2.30. The standard InChI is InChI=1S/C39H41N5O6S/c1-27-9-11-28(12-10-27)21-29-22-30-13-15-33(23-34(30)50-26-29)39(17-4-5-18-39)38(46)41-20-6-19-40-37(45)32-14-16-36(42-24-32)44-43-25-31-7-2-3-8-35(31)51(47,48)49/h2-3,7-16,22-25H,4-6,17-21,26H2,1H3,(H,40,45)(H,41,46)(H,42,44)(H,47,48,49)/b43-25+. The molecule has 0 saturated heterocycles. The van der Waals surface area contributed by atoms with Gasteiger partial charge in [0.05, 0.1) is 17.2 Å². The average molecular weight is 708 g/mol. The first-order chi connectivity index (χ1) is 24.6. The Morgan fingerprint density at radius 1 is 0.980 bits per heavy atom. The maximum atomic E-state index is 13.7. The molecule has 0 unspecified atom stereocenters. The number of nitrogens with zero attached hydrogens (tertiary/aromatic N) is 2. The number of pyridine rings is 1. The molecular formula is C39H41N5O6S. The van der Waals surface area contributed by atoms with E-state index in [4.69, 9.17) is 4.74 Å². The van der Waals surface area contributed by atoms with E-state index < -0.39 is 15.5 Å². The topological polar surface area (TPSA) is 159 Å². The second-order valence-electron chi connectivity index (χ2n) is 13.0. The van der Waals surface area contributed by atoms with Crippen LogP contribution in [-0.2, 0) is 26.7 Å². The maximum absolute atomic E-state index is 13.7. The molecular weight excluding hydrogens is 667 g/mol. The quantitative estimate of drug-likeness (QED) is 0.0583. The molecule has 51 heavy (non-hydrogen) atoms. The van der Waals surface area contributed by atoms with Crippen molar-refractivity contribution in [2.75, 3.05) is 25.1 Å². The summed E-state index contributed by atoms with van der Waals surface area (Å²) in [4.78, 5) is 30.3.